The Labute approximate surface area is 103 Å². The molecule has 1 aliphatic heterocycles. The largest absolute Gasteiger partial charge is 0.347 e. The monoisotopic (exact) mass is 241 g/mol. The molecule has 0 aliphatic carbocycles. The Bertz CT molecular complexity index is 297. The van der Waals surface area contributed by atoms with Crippen molar-refractivity contribution in [1.29, 1.82) is 0 Å². The van der Waals surface area contributed by atoms with E-state index >= 15 is 0 Å². The van der Waals surface area contributed by atoms with Crippen LogP contribution in [-0.4, -0.2) is 48.9 Å². The van der Waals surface area contributed by atoms with Gasteiger partial charge in [0.2, 0.25) is 11.8 Å². The minimum atomic E-state index is -0.447. The zero-order valence-electron chi connectivity index (χ0n) is 11.2. The zero-order chi connectivity index (χ0) is 13.1. The molecule has 1 heterocycles. The van der Waals surface area contributed by atoms with Crippen LogP contribution < -0.4 is 10.6 Å². The van der Waals surface area contributed by atoms with Crippen molar-refractivity contribution in [3.05, 3.63) is 0 Å². The van der Waals surface area contributed by atoms with E-state index in [0.29, 0.717) is 19.1 Å². The summed E-state index contributed by atoms with van der Waals surface area (Å²) in [6.07, 6.45) is 0. The van der Waals surface area contributed by atoms with Gasteiger partial charge in [0.05, 0.1) is 6.54 Å². The van der Waals surface area contributed by atoms with Crippen LogP contribution in [0, 0.1) is 5.41 Å². The standard InChI is InChI=1S/C12H23N3O2/c1-9-8-15(6-5-13-9)10(16)7-14-11(17)12(2,3)4/h9,13H,5-8H2,1-4H3,(H,14,17). The molecular weight excluding hydrogens is 218 g/mol. The van der Waals surface area contributed by atoms with Crippen molar-refractivity contribution in [2.45, 2.75) is 33.7 Å². The van der Waals surface area contributed by atoms with Crippen molar-refractivity contribution >= 4 is 11.8 Å². The van der Waals surface area contributed by atoms with Crippen molar-refractivity contribution < 1.29 is 9.59 Å². The van der Waals surface area contributed by atoms with Crippen LogP contribution in [0.5, 0.6) is 0 Å². The maximum Gasteiger partial charge on any atom is 0.242 e. The van der Waals surface area contributed by atoms with Crippen LogP contribution in [0.15, 0.2) is 0 Å². The van der Waals surface area contributed by atoms with Crippen LogP contribution in [0.4, 0.5) is 0 Å². The Kier molecular flexibility index (Phi) is 4.51. The van der Waals surface area contributed by atoms with Gasteiger partial charge in [0.15, 0.2) is 0 Å². The summed E-state index contributed by atoms with van der Waals surface area (Å²) in [5, 5.41) is 5.96. The van der Waals surface area contributed by atoms with Crippen molar-refractivity contribution in [2.75, 3.05) is 26.2 Å². The van der Waals surface area contributed by atoms with Crippen LogP contribution in [0.2, 0.25) is 0 Å². The van der Waals surface area contributed by atoms with Gasteiger partial charge < -0.3 is 15.5 Å². The predicted molar refractivity (Wildman–Crippen MR) is 66.5 cm³/mol. The van der Waals surface area contributed by atoms with Crippen LogP contribution in [-0.2, 0) is 9.59 Å². The Morgan fingerprint density at radius 2 is 2.06 bits per heavy atom. The normalized spacial score (nSPS) is 21.2. The van der Waals surface area contributed by atoms with E-state index in [9.17, 15) is 9.59 Å². The van der Waals surface area contributed by atoms with Crippen LogP contribution in [0.1, 0.15) is 27.7 Å². The fraction of sp³-hybridized carbons (Fsp3) is 0.833. The van der Waals surface area contributed by atoms with Gasteiger partial charge in [-0.25, -0.2) is 0 Å². The molecule has 98 valence electrons. The summed E-state index contributed by atoms with van der Waals surface area (Å²) >= 11 is 0. The molecule has 0 aromatic carbocycles. The number of piperazine rings is 1. The molecule has 17 heavy (non-hydrogen) atoms. The fourth-order valence-corrected chi connectivity index (χ4v) is 1.69. The molecule has 1 aliphatic rings. The molecule has 0 saturated carbocycles. The smallest absolute Gasteiger partial charge is 0.242 e. The number of carbonyl (C=O) groups excluding carboxylic acids is 2. The average Bonchev–Trinajstić information content (AvgIpc) is 2.24. The highest BCUT2D eigenvalue weighted by atomic mass is 16.2. The second kappa shape index (κ2) is 5.49. The quantitative estimate of drug-likeness (QED) is 0.713. The van der Waals surface area contributed by atoms with E-state index in [-0.39, 0.29) is 18.4 Å². The average molecular weight is 241 g/mol. The predicted octanol–water partition coefficient (Wildman–Crippen LogP) is -0.0310. The maximum absolute atomic E-state index is 11.9. The lowest BCUT2D eigenvalue weighted by Gasteiger charge is -2.32. The van der Waals surface area contributed by atoms with E-state index in [1.54, 1.807) is 4.90 Å². The molecule has 0 spiro atoms. The van der Waals surface area contributed by atoms with Gasteiger partial charge in [-0.3, -0.25) is 9.59 Å². The molecule has 0 aromatic heterocycles. The second-order valence-corrected chi connectivity index (χ2v) is 5.63. The van der Waals surface area contributed by atoms with Crippen molar-refractivity contribution in [3.8, 4) is 0 Å². The molecule has 1 atom stereocenters. The lowest BCUT2D eigenvalue weighted by molar-refractivity contribution is -0.135. The van der Waals surface area contributed by atoms with Crippen LogP contribution >= 0.6 is 0 Å². The number of rotatable bonds is 2. The molecule has 0 aromatic rings. The zero-order valence-corrected chi connectivity index (χ0v) is 11.2. The number of hydrogen-bond donors (Lipinski definition) is 2. The molecule has 2 N–H and O–H groups in total. The highest BCUT2D eigenvalue weighted by Gasteiger charge is 2.24. The van der Waals surface area contributed by atoms with Crippen LogP contribution in [0.3, 0.4) is 0 Å². The van der Waals surface area contributed by atoms with Gasteiger partial charge in [-0.2, -0.15) is 0 Å². The lowest BCUT2D eigenvalue weighted by atomic mass is 9.96. The lowest BCUT2D eigenvalue weighted by Crippen LogP contribution is -2.53. The SMILES string of the molecule is CC1CN(C(=O)CNC(=O)C(C)(C)C)CCN1. The number of nitrogens with zero attached hydrogens (tertiary/aromatic N) is 1. The summed E-state index contributed by atoms with van der Waals surface area (Å²) in [4.78, 5) is 25.3. The van der Waals surface area contributed by atoms with Crippen molar-refractivity contribution in [1.82, 2.24) is 15.5 Å². The molecular formula is C12H23N3O2. The number of carbonyl (C=O) groups is 2. The maximum atomic E-state index is 11.9. The van der Waals surface area contributed by atoms with E-state index in [1.807, 2.05) is 27.7 Å². The van der Waals surface area contributed by atoms with Crippen molar-refractivity contribution in [3.63, 3.8) is 0 Å². The Balaban J connectivity index is 2.37. The summed E-state index contributed by atoms with van der Waals surface area (Å²) in [5.74, 6) is -0.0926. The molecule has 5 heteroatoms. The third-order valence-electron chi connectivity index (χ3n) is 2.80. The van der Waals surface area contributed by atoms with Crippen molar-refractivity contribution in [2.24, 2.45) is 5.41 Å². The molecule has 5 nitrogen and oxygen atoms in total. The van der Waals surface area contributed by atoms with Gasteiger partial charge in [-0.1, -0.05) is 20.8 Å². The molecule has 1 rings (SSSR count). The minimum Gasteiger partial charge on any atom is -0.347 e. The molecule has 2 amide bonds. The third-order valence-corrected chi connectivity index (χ3v) is 2.80. The molecule has 0 bridgehead atoms. The summed E-state index contributed by atoms with van der Waals surface area (Å²) in [7, 11) is 0. The third kappa shape index (κ3) is 4.34. The Morgan fingerprint density at radius 1 is 1.41 bits per heavy atom. The Morgan fingerprint density at radius 3 is 2.59 bits per heavy atom. The minimum absolute atomic E-state index is 0.00375. The van der Waals surface area contributed by atoms with Gasteiger partial charge in [0, 0.05) is 31.1 Å². The van der Waals surface area contributed by atoms with Gasteiger partial charge >= 0.3 is 0 Å². The summed E-state index contributed by atoms with van der Waals surface area (Å²) in [5.41, 5.74) is -0.447. The highest BCUT2D eigenvalue weighted by molar-refractivity contribution is 5.87. The van der Waals surface area contributed by atoms with E-state index < -0.39 is 5.41 Å². The first-order valence-electron chi connectivity index (χ1n) is 6.10. The van der Waals surface area contributed by atoms with E-state index in [1.165, 1.54) is 0 Å². The number of amides is 2. The van der Waals surface area contributed by atoms with Gasteiger partial charge in [-0.15, -0.1) is 0 Å². The number of nitrogens with one attached hydrogen (secondary N) is 2. The first kappa shape index (κ1) is 14.0. The van der Waals surface area contributed by atoms with Crippen LogP contribution in [0.25, 0.3) is 0 Å². The first-order chi connectivity index (χ1) is 7.80. The van der Waals surface area contributed by atoms with Gasteiger partial charge in [0.1, 0.15) is 0 Å². The molecule has 1 unspecified atom stereocenters. The second-order valence-electron chi connectivity index (χ2n) is 5.63. The van der Waals surface area contributed by atoms with Gasteiger partial charge in [-0.05, 0) is 6.92 Å². The molecule has 1 fully saturated rings. The molecule has 1 saturated heterocycles. The highest BCUT2D eigenvalue weighted by Crippen LogP contribution is 2.12. The topological polar surface area (TPSA) is 61.4 Å². The summed E-state index contributed by atoms with van der Waals surface area (Å²) in [6.45, 7) is 9.90. The Hall–Kier alpha value is -1.10. The molecule has 0 radical (unpaired) electrons. The van der Waals surface area contributed by atoms with E-state index in [2.05, 4.69) is 10.6 Å². The van der Waals surface area contributed by atoms with E-state index in [0.717, 1.165) is 6.54 Å². The summed E-state index contributed by atoms with van der Waals surface area (Å²) < 4.78 is 0. The number of hydrogen-bond acceptors (Lipinski definition) is 3. The first-order valence-corrected chi connectivity index (χ1v) is 6.10. The fourth-order valence-electron chi connectivity index (χ4n) is 1.69. The van der Waals surface area contributed by atoms with E-state index in [4.69, 9.17) is 0 Å². The summed E-state index contributed by atoms with van der Waals surface area (Å²) in [6, 6.07) is 0.325. The van der Waals surface area contributed by atoms with Gasteiger partial charge in [0.25, 0.3) is 0 Å².